The summed E-state index contributed by atoms with van der Waals surface area (Å²) in [6, 6.07) is 17.1. The maximum absolute atomic E-state index is 13.5. The van der Waals surface area contributed by atoms with E-state index in [-0.39, 0.29) is 11.8 Å². The first-order valence-electron chi connectivity index (χ1n) is 11.6. The van der Waals surface area contributed by atoms with Crippen molar-refractivity contribution in [1.82, 2.24) is 20.5 Å². The minimum atomic E-state index is -0.465. The Morgan fingerprint density at radius 3 is 2.56 bits per heavy atom. The van der Waals surface area contributed by atoms with Gasteiger partial charge in [0.1, 0.15) is 6.04 Å². The number of benzene rings is 2. The zero-order valence-corrected chi connectivity index (χ0v) is 19.1. The maximum Gasteiger partial charge on any atom is 0.258 e. The smallest absolute Gasteiger partial charge is 0.258 e. The van der Waals surface area contributed by atoms with Crippen LogP contribution in [0.2, 0.25) is 0 Å². The molecule has 1 aliphatic heterocycles. The first kappa shape index (κ1) is 22.3. The van der Waals surface area contributed by atoms with Crippen LogP contribution >= 0.6 is 0 Å². The highest BCUT2D eigenvalue weighted by Gasteiger charge is 2.37. The molecule has 1 unspecified atom stereocenters. The Morgan fingerprint density at radius 1 is 1.09 bits per heavy atom. The lowest BCUT2D eigenvalue weighted by Gasteiger charge is -2.24. The van der Waals surface area contributed by atoms with Gasteiger partial charge in [0, 0.05) is 24.1 Å². The molecule has 3 aromatic rings. The van der Waals surface area contributed by atoms with Crippen molar-refractivity contribution in [3.05, 3.63) is 83.8 Å². The molecule has 1 aliphatic carbocycles. The van der Waals surface area contributed by atoms with Crippen LogP contribution in [0.1, 0.15) is 66.1 Å². The molecule has 176 valence electrons. The van der Waals surface area contributed by atoms with Crippen molar-refractivity contribution in [2.24, 2.45) is 0 Å². The van der Waals surface area contributed by atoms with E-state index in [0.717, 1.165) is 42.5 Å². The Hall–Kier alpha value is -3.49. The molecule has 5 rings (SSSR count). The van der Waals surface area contributed by atoms with E-state index in [1.165, 1.54) is 7.11 Å². The van der Waals surface area contributed by atoms with E-state index in [2.05, 4.69) is 15.6 Å². The molecule has 3 atom stereocenters. The van der Waals surface area contributed by atoms with Crippen LogP contribution in [0, 0.1) is 0 Å². The number of amides is 1. The number of aromatic nitrogens is 2. The number of nitrogens with one attached hydrogen (secondary N) is 1. The summed E-state index contributed by atoms with van der Waals surface area (Å²) in [7, 11) is 1.53. The van der Waals surface area contributed by atoms with E-state index >= 15 is 0 Å². The number of aliphatic hydroxyl groups excluding tert-OH is 1. The number of carbonyl (C=O) groups excluding carboxylic acids is 1. The lowest BCUT2D eigenvalue weighted by Crippen LogP contribution is -2.27. The molecule has 8 heteroatoms. The van der Waals surface area contributed by atoms with Crippen LogP contribution in [0.4, 0.5) is 0 Å². The fourth-order valence-electron chi connectivity index (χ4n) is 4.75. The average molecular weight is 461 g/mol. The Balaban J connectivity index is 1.39. The summed E-state index contributed by atoms with van der Waals surface area (Å²) in [5.41, 5.74) is 6.25. The molecule has 0 radical (unpaired) electrons. The van der Waals surface area contributed by atoms with E-state index in [0.29, 0.717) is 23.7 Å². The van der Waals surface area contributed by atoms with Gasteiger partial charge in [0.2, 0.25) is 5.89 Å². The summed E-state index contributed by atoms with van der Waals surface area (Å²) in [6.45, 7) is 0. The van der Waals surface area contributed by atoms with Gasteiger partial charge >= 0.3 is 0 Å². The zero-order valence-electron chi connectivity index (χ0n) is 19.1. The minimum absolute atomic E-state index is 0.133. The van der Waals surface area contributed by atoms with Crippen molar-refractivity contribution in [3.8, 4) is 11.1 Å². The molecule has 1 fully saturated rings. The summed E-state index contributed by atoms with van der Waals surface area (Å²) in [5.74, 6) is 0.558. The molecule has 34 heavy (non-hydrogen) atoms. The number of hydrogen-bond acceptors (Lipinski definition) is 7. The molecule has 2 aromatic carbocycles. The van der Waals surface area contributed by atoms with E-state index in [1.807, 2.05) is 54.6 Å². The van der Waals surface area contributed by atoms with Crippen molar-refractivity contribution < 1.29 is 19.3 Å². The highest BCUT2D eigenvalue weighted by atomic mass is 16.6. The van der Waals surface area contributed by atoms with Crippen LogP contribution in [0.3, 0.4) is 0 Å². The van der Waals surface area contributed by atoms with Gasteiger partial charge in [0.05, 0.1) is 18.9 Å². The SMILES string of the molecule is CONC1=CN(C(=O)c2ccc(-c3ccccc3)cc2)C(c2nc([C@@H]3CCCC[C@H]3O)no2)C1. The Bertz CT molecular complexity index is 1160. The fraction of sp³-hybridized carbons (Fsp3) is 0.346. The van der Waals surface area contributed by atoms with Gasteiger partial charge in [0.15, 0.2) is 5.82 Å². The first-order chi connectivity index (χ1) is 16.6. The molecular formula is C26H28N4O4. The van der Waals surface area contributed by atoms with Crippen molar-refractivity contribution >= 4 is 5.91 Å². The van der Waals surface area contributed by atoms with Crippen LogP contribution in [0.25, 0.3) is 11.1 Å². The minimum Gasteiger partial charge on any atom is -0.392 e. The van der Waals surface area contributed by atoms with Gasteiger partial charge in [0.25, 0.3) is 5.91 Å². The molecule has 1 saturated carbocycles. The van der Waals surface area contributed by atoms with Gasteiger partial charge < -0.3 is 14.5 Å². The van der Waals surface area contributed by atoms with Crippen LogP contribution in [0.5, 0.6) is 0 Å². The van der Waals surface area contributed by atoms with Crippen molar-refractivity contribution in [1.29, 1.82) is 0 Å². The quantitative estimate of drug-likeness (QED) is 0.528. The lowest BCUT2D eigenvalue weighted by molar-refractivity contribution is 0.0760. The molecular weight excluding hydrogens is 432 g/mol. The Labute approximate surface area is 198 Å². The van der Waals surface area contributed by atoms with E-state index in [4.69, 9.17) is 9.36 Å². The predicted molar refractivity (Wildman–Crippen MR) is 125 cm³/mol. The van der Waals surface area contributed by atoms with Crippen molar-refractivity contribution in [2.45, 2.75) is 50.2 Å². The zero-order chi connectivity index (χ0) is 23.5. The highest BCUT2D eigenvalue weighted by molar-refractivity contribution is 5.96. The molecule has 1 amide bonds. The normalized spacial score (nSPS) is 22.5. The van der Waals surface area contributed by atoms with Gasteiger partial charge in [-0.2, -0.15) is 4.98 Å². The van der Waals surface area contributed by atoms with Gasteiger partial charge in [-0.1, -0.05) is 60.5 Å². The standard InChI is InChI=1S/C26H28N4O4/c1-33-28-20-15-22(25-27-24(29-34-25)21-9-5-6-10-23(21)31)30(16-20)26(32)19-13-11-18(12-14-19)17-7-3-2-4-8-17/h2-4,7-8,11-14,16,21-23,28,31H,5-6,9-10,15H2,1H3/t21-,22?,23-/m1/s1. The monoisotopic (exact) mass is 460 g/mol. The first-order valence-corrected chi connectivity index (χ1v) is 11.6. The van der Waals surface area contributed by atoms with Gasteiger partial charge in [-0.05, 0) is 36.1 Å². The van der Waals surface area contributed by atoms with Gasteiger partial charge in [-0.15, -0.1) is 0 Å². The molecule has 1 aromatic heterocycles. The number of carbonyl (C=O) groups is 1. The van der Waals surface area contributed by atoms with Crippen LogP contribution < -0.4 is 5.48 Å². The highest BCUT2D eigenvalue weighted by Crippen LogP contribution is 2.37. The summed E-state index contributed by atoms with van der Waals surface area (Å²) in [4.78, 5) is 24.8. The van der Waals surface area contributed by atoms with Gasteiger partial charge in [-0.3, -0.25) is 15.1 Å². The predicted octanol–water partition coefficient (Wildman–Crippen LogP) is 4.33. The van der Waals surface area contributed by atoms with E-state index in [9.17, 15) is 9.90 Å². The third kappa shape index (κ3) is 4.47. The Kier molecular flexibility index (Phi) is 6.42. The third-order valence-corrected chi connectivity index (χ3v) is 6.55. The second-order valence-electron chi connectivity index (χ2n) is 8.79. The van der Waals surface area contributed by atoms with Crippen LogP contribution in [-0.2, 0) is 4.84 Å². The fourth-order valence-corrected chi connectivity index (χ4v) is 4.75. The molecule has 0 saturated heterocycles. The number of rotatable bonds is 6. The summed E-state index contributed by atoms with van der Waals surface area (Å²) >= 11 is 0. The van der Waals surface area contributed by atoms with Crippen molar-refractivity contribution in [3.63, 3.8) is 0 Å². The average Bonchev–Trinajstić information content (AvgIpc) is 3.52. The molecule has 0 spiro atoms. The maximum atomic E-state index is 13.5. The van der Waals surface area contributed by atoms with Gasteiger partial charge in [-0.25, -0.2) is 0 Å². The second kappa shape index (κ2) is 9.79. The number of hydrogen-bond donors (Lipinski definition) is 2. The molecule has 2 N–H and O–H groups in total. The van der Waals surface area contributed by atoms with E-state index in [1.54, 1.807) is 11.1 Å². The lowest BCUT2D eigenvalue weighted by atomic mass is 9.86. The molecule has 2 aliphatic rings. The second-order valence-corrected chi connectivity index (χ2v) is 8.79. The molecule has 2 heterocycles. The van der Waals surface area contributed by atoms with E-state index < -0.39 is 12.1 Å². The van der Waals surface area contributed by atoms with Crippen LogP contribution in [-0.4, -0.2) is 39.3 Å². The summed E-state index contributed by atoms with van der Waals surface area (Å²) in [5, 5.41) is 14.5. The number of nitrogens with zero attached hydrogens (tertiary/aromatic N) is 3. The third-order valence-electron chi connectivity index (χ3n) is 6.55. The largest absolute Gasteiger partial charge is 0.392 e. The Morgan fingerprint density at radius 2 is 1.82 bits per heavy atom. The number of aliphatic hydroxyl groups is 1. The number of hydroxylamine groups is 1. The topological polar surface area (TPSA) is 101 Å². The van der Waals surface area contributed by atoms with Crippen molar-refractivity contribution in [2.75, 3.05) is 7.11 Å². The molecule has 0 bridgehead atoms. The van der Waals surface area contributed by atoms with Crippen LogP contribution in [0.15, 0.2) is 71.0 Å². The summed E-state index contributed by atoms with van der Waals surface area (Å²) in [6.07, 6.45) is 5.32. The summed E-state index contributed by atoms with van der Waals surface area (Å²) < 4.78 is 5.60. The molecule has 8 nitrogen and oxygen atoms in total.